The van der Waals surface area contributed by atoms with Gasteiger partial charge in [-0.25, -0.2) is 4.39 Å². The summed E-state index contributed by atoms with van der Waals surface area (Å²) < 4.78 is 19.0. The highest BCUT2D eigenvalue weighted by molar-refractivity contribution is 5.93. The highest BCUT2D eigenvalue weighted by atomic mass is 19.1. The third-order valence-corrected chi connectivity index (χ3v) is 4.02. The molecule has 1 amide bonds. The highest BCUT2D eigenvalue weighted by Gasteiger charge is 2.10. The SMILES string of the molecule is COc1ccc(C)cc1Nc1ccnc(C(=O)NCc2ccccc2F)c1. The maximum absolute atomic E-state index is 13.7. The van der Waals surface area contributed by atoms with Gasteiger partial charge in [-0.15, -0.1) is 0 Å². The van der Waals surface area contributed by atoms with Crippen LogP contribution >= 0.6 is 0 Å². The molecule has 0 aliphatic carbocycles. The predicted molar refractivity (Wildman–Crippen MR) is 103 cm³/mol. The summed E-state index contributed by atoms with van der Waals surface area (Å²) in [6.45, 7) is 2.08. The molecule has 0 spiro atoms. The van der Waals surface area contributed by atoms with Crippen molar-refractivity contribution < 1.29 is 13.9 Å². The van der Waals surface area contributed by atoms with Crippen LogP contribution in [0.15, 0.2) is 60.8 Å². The van der Waals surface area contributed by atoms with Crippen LogP contribution in [0.2, 0.25) is 0 Å². The molecule has 27 heavy (non-hydrogen) atoms. The second-order valence-electron chi connectivity index (χ2n) is 6.03. The van der Waals surface area contributed by atoms with Gasteiger partial charge in [0.05, 0.1) is 12.8 Å². The summed E-state index contributed by atoms with van der Waals surface area (Å²) >= 11 is 0. The van der Waals surface area contributed by atoms with Crippen molar-refractivity contribution in [2.45, 2.75) is 13.5 Å². The molecule has 1 heterocycles. The molecule has 5 nitrogen and oxygen atoms in total. The van der Waals surface area contributed by atoms with Gasteiger partial charge in [0.2, 0.25) is 0 Å². The van der Waals surface area contributed by atoms with Gasteiger partial charge in [0.25, 0.3) is 5.91 Å². The molecule has 0 unspecified atom stereocenters. The lowest BCUT2D eigenvalue weighted by Gasteiger charge is -2.13. The Bertz CT molecular complexity index is 960. The number of aryl methyl sites for hydroxylation is 1. The number of aromatic nitrogens is 1. The summed E-state index contributed by atoms with van der Waals surface area (Å²) in [4.78, 5) is 16.5. The van der Waals surface area contributed by atoms with Crippen molar-refractivity contribution in [2.75, 3.05) is 12.4 Å². The average molecular weight is 365 g/mol. The third kappa shape index (κ3) is 4.61. The van der Waals surface area contributed by atoms with E-state index in [4.69, 9.17) is 4.74 Å². The smallest absolute Gasteiger partial charge is 0.270 e. The van der Waals surface area contributed by atoms with Gasteiger partial charge in [-0.05, 0) is 42.8 Å². The fraction of sp³-hybridized carbons (Fsp3) is 0.143. The molecule has 0 saturated carbocycles. The van der Waals surface area contributed by atoms with Gasteiger partial charge in [-0.1, -0.05) is 24.3 Å². The van der Waals surface area contributed by atoms with Crippen LogP contribution in [0.3, 0.4) is 0 Å². The van der Waals surface area contributed by atoms with Gasteiger partial charge in [0.15, 0.2) is 0 Å². The Labute approximate surface area is 157 Å². The van der Waals surface area contributed by atoms with E-state index in [2.05, 4.69) is 15.6 Å². The zero-order valence-corrected chi connectivity index (χ0v) is 15.1. The van der Waals surface area contributed by atoms with Crippen molar-refractivity contribution in [3.63, 3.8) is 0 Å². The van der Waals surface area contributed by atoms with Crippen molar-refractivity contribution in [2.24, 2.45) is 0 Å². The van der Waals surface area contributed by atoms with Gasteiger partial charge in [-0.2, -0.15) is 0 Å². The summed E-state index contributed by atoms with van der Waals surface area (Å²) in [5.74, 6) is -0.0335. The minimum atomic E-state index is -0.377. The van der Waals surface area contributed by atoms with Crippen molar-refractivity contribution >= 4 is 17.3 Å². The fourth-order valence-corrected chi connectivity index (χ4v) is 2.62. The van der Waals surface area contributed by atoms with Gasteiger partial charge < -0.3 is 15.4 Å². The fourth-order valence-electron chi connectivity index (χ4n) is 2.62. The number of anilines is 2. The van der Waals surface area contributed by atoms with E-state index in [-0.39, 0.29) is 24.0 Å². The topological polar surface area (TPSA) is 63.2 Å². The van der Waals surface area contributed by atoms with E-state index < -0.39 is 0 Å². The zero-order valence-electron chi connectivity index (χ0n) is 15.1. The molecule has 0 atom stereocenters. The third-order valence-electron chi connectivity index (χ3n) is 4.02. The number of nitrogens with zero attached hydrogens (tertiary/aromatic N) is 1. The number of amides is 1. The molecule has 1 aromatic heterocycles. The Hall–Kier alpha value is -3.41. The van der Waals surface area contributed by atoms with E-state index in [9.17, 15) is 9.18 Å². The molecule has 0 bridgehead atoms. The number of carbonyl (C=O) groups is 1. The number of pyridine rings is 1. The number of hydrogen-bond donors (Lipinski definition) is 2. The lowest BCUT2D eigenvalue weighted by molar-refractivity contribution is 0.0945. The molecular weight excluding hydrogens is 345 g/mol. The van der Waals surface area contributed by atoms with Gasteiger partial charge in [0, 0.05) is 24.0 Å². The van der Waals surface area contributed by atoms with Gasteiger partial charge >= 0.3 is 0 Å². The monoisotopic (exact) mass is 365 g/mol. The number of halogens is 1. The first-order chi connectivity index (χ1) is 13.1. The maximum Gasteiger partial charge on any atom is 0.270 e. The minimum absolute atomic E-state index is 0.0938. The Morgan fingerprint density at radius 2 is 1.96 bits per heavy atom. The number of rotatable bonds is 6. The van der Waals surface area contributed by atoms with Gasteiger partial charge in [-0.3, -0.25) is 9.78 Å². The van der Waals surface area contributed by atoms with Crippen LogP contribution in [0.5, 0.6) is 5.75 Å². The Morgan fingerprint density at radius 3 is 2.74 bits per heavy atom. The Morgan fingerprint density at radius 1 is 1.15 bits per heavy atom. The summed E-state index contributed by atoms with van der Waals surface area (Å²) in [5.41, 5.74) is 3.23. The summed E-state index contributed by atoms with van der Waals surface area (Å²) in [6, 6.07) is 15.5. The summed E-state index contributed by atoms with van der Waals surface area (Å²) in [7, 11) is 1.60. The van der Waals surface area contributed by atoms with E-state index in [1.165, 1.54) is 6.07 Å². The number of hydrogen-bond acceptors (Lipinski definition) is 4. The zero-order chi connectivity index (χ0) is 19.2. The molecule has 0 radical (unpaired) electrons. The first-order valence-electron chi connectivity index (χ1n) is 8.46. The van der Waals surface area contributed by atoms with Crippen LogP contribution in [-0.2, 0) is 6.54 Å². The van der Waals surface area contributed by atoms with Gasteiger partial charge in [0.1, 0.15) is 17.3 Å². The molecule has 0 aliphatic rings. The first kappa shape index (κ1) is 18.4. The van der Waals surface area contributed by atoms with Crippen LogP contribution in [0.4, 0.5) is 15.8 Å². The maximum atomic E-state index is 13.7. The molecule has 0 saturated heterocycles. The molecular formula is C21H20FN3O2. The number of methoxy groups -OCH3 is 1. The molecule has 138 valence electrons. The second-order valence-corrected chi connectivity index (χ2v) is 6.03. The largest absolute Gasteiger partial charge is 0.495 e. The molecule has 2 N–H and O–H groups in total. The predicted octanol–water partition coefficient (Wildman–Crippen LogP) is 4.21. The van der Waals surface area contributed by atoms with Crippen LogP contribution in [0.1, 0.15) is 21.6 Å². The van der Waals surface area contributed by atoms with E-state index >= 15 is 0 Å². The van der Waals surface area contributed by atoms with E-state index in [0.29, 0.717) is 17.0 Å². The number of nitrogens with one attached hydrogen (secondary N) is 2. The highest BCUT2D eigenvalue weighted by Crippen LogP contribution is 2.28. The van der Waals surface area contributed by atoms with Crippen molar-refractivity contribution in [1.29, 1.82) is 0 Å². The first-order valence-corrected chi connectivity index (χ1v) is 8.46. The second kappa shape index (κ2) is 8.31. The molecule has 2 aromatic carbocycles. The van der Waals surface area contributed by atoms with Crippen molar-refractivity contribution in [1.82, 2.24) is 10.3 Å². The molecule has 3 rings (SSSR count). The lowest BCUT2D eigenvalue weighted by Crippen LogP contribution is -2.24. The lowest BCUT2D eigenvalue weighted by atomic mass is 10.2. The van der Waals surface area contributed by atoms with Crippen LogP contribution in [0.25, 0.3) is 0 Å². The Balaban J connectivity index is 1.73. The van der Waals surface area contributed by atoms with E-state index in [0.717, 1.165) is 11.3 Å². The standard InChI is InChI=1S/C21H20FN3O2/c1-14-7-8-20(27-2)18(11-14)25-16-9-10-23-19(12-16)21(26)24-13-15-5-3-4-6-17(15)22/h3-12H,13H2,1-2H3,(H,23,25)(H,24,26). The van der Waals surface area contributed by atoms with E-state index in [1.54, 1.807) is 43.6 Å². The van der Waals surface area contributed by atoms with Crippen LogP contribution in [-0.4, -0.2) is 18.0 Å². The number of benzene rings is 2. The average Bonchev–Trinajstić information content (AvgIpc) is 2.67. The molecule has 0 fully saturated rings. The summed E-state index contributed by atoms with van der Waals surface area (Å²) in [5, 5.41) is 5.92. The quantitative estimate of drug-likeness (QED) is 0.687. The molecule has 3 aromatic rings. The van der Waals surface area contributed by atoms with Crippen molar-refractivity contribution in [3.05, 3.63) is 83.4 Å². The number of ether oxygens (including phenoxy) is 1. The van der Waals surface area contributed by atoms with Crippen LogP contribution < -0.4 is 15.4 Å². The number of carbonyl (C=O) groups excluding carboxylic acids is 1. The normalized spacial score (nSPS) is 10.3. The molecule has 6 heteroatoms. The Kier molecular flexibility index (Phi) is 5.66. The van der Waals surface area contributed by atoms with E-state index in [1.807, 2.05) is 25.1 Å². The molecule has 0 aliphatic heterocycles. The minimum Gasteiger partial charge on any atom is -0.495 e. The van der Waals surface area contributed by atoms with Crippen molar-refractivity contribution in [3.8, 4) is 5.75 Å². The van der Waals surface area contributed by atoms with Crippen LogP contribution in [0, 0.1) is 12.7 Å². The summed E-state index contributed by atoms with van der Waals surface area (Å²) in [6.07, 6.45) is 1.54.